The lowest BCUT2D eigenvalue weighted by Gasteiger charge is -2.10. The van der Waals surface area contributed by atoms with Crippen LogP contribution in [0.2, 0.25) is 10.0 Å². The number of hydrogen-bond acceptors (Lipinski definition) is 2. The van der Waals surface area contributed by atoms with Gasteiger partial charge in [0, 0.05) is 21.7 Å². The Kier molecular flexibility index (Phi) is 6.24. The van der Waals surface area contributed by atoms with Crippen molar-refractivity contribution in [1.29, 1.82) is 0 Å². The molecule has 3 aromatic rings. The molecule has 0 spiro atoms. The zero-order chi connectivity index (χ0) is 17.6. The van der Waals surface area contributed by atoms with Crippen LogP contribution in [0, 0.1) is 0 Å². The first-order valence-corrected chi connectivity index (χ1v) is 9.30. The number of ether oxygens (including phenoxy) is 1. The van der Waals surface area contributed by atoms with Crippen LogP contribution in [0.3, 0.4) is 0 Å². The van der Waals surface area contributed by atoms with Crippen molar-refractivity contribution in [2.75, 3.05) is 5.32 Å². The molecule has 25 heavy (non-hydrogen) atoms. The molecule has 3 rings (SSSR count). The molecule has 1 N–H and O–H groups in total. The molecule has 0 bridgehead atoms. The molecule has 0 saturated carbocycles. The van der Waals surface area contributed by atoms with Crippen LogP contribution in [0.1, 0.15) is 11.1 Å². The summed E-state index contributed by atoms with van der Waals surface area (Å²) in [6.07, 6.45) is 0. The van der Waals surface area contributed by atoms with Crippen LogP contribution < -0.4 is 10.1 Å². The maximum Gasteiger partial charge on any atom is 0.120 e. The first kappa shape index (κ1) is 18.1. The molecule has 0 radical (unpaired) electrons. The average molecular weight is 437 g/mol. The number of anilines is 1. The molecule has 0 aliphatic rings. The fourth-order valence-corrected chi connectivity index (χ4v) is 2.99. The topological polar surface area (TPSA) is 21.3 Å². The third-order valence-corrected chi connectivity index (χ3v) is 5.08. The van der Waals surface area contributed by atoms with E-state index in [0.29, 0.717) is 23.2 Å². The van der Waals surface area contributed by atoms with Crippen molar-refractivity contribution in [2.24, 2.45) is 0 Å². The Labute approximate surface area is 165 Å². The molecule has 2 nitrogen and oxygen atoms in total. The van der Waals surface area contributed by atoms with Gasteiger partial charge in [-0.2, -0.15) is 0 Å². The maximum absolute atomic E-state index is 6.12. The van der Waals surface area contributed by atoms with Crippen molar-refractivity contribution in [3.05, 3.63) is 92.4 Å². The molecule has 0 atom stereocenters. The molecule has 5 heteroatoms. The SMILES string of the molecule is Clc1cccc(COc2cccc(CNc3ccc(Br)c(Cl)c3)c2)c1. The predicted molar refractivity (Wildman–Crippen MR) is 109 cm³/mol. The van der Waals surface area contributed by atoms with Crippen LogP contribution in [-0.2, 0) is 13.2 Å². The average Bonchev–Trinajstić information content (AvgIpc) is 2.61. The predicted octanol–water partition coefficient (Wildman–Crippen LogP) is 6.95. The van der Waals surface area contributed by atoms with E-state index in [-0.39, 0.29) is 0 Å². The second kappa shape index (κ2) is 8.61. The van der Waals surface area contributed by atoms with Crippen LogP contribution in [0.25, 0.3) is 0 Å². The van der Waals surface area contributed by atoms with E-state index < -0.39 is 0 Å². The van der Waals surface area contributed by atoms with E-state index in [1.807, 2.05) is 60.7 Å². The summed E-state index contributed by atoms with van der Waals surface area (Å²) in [5, 5.41) is 4.76. The number of halogens is 3. The lowest BCUT2D eigenvalue weighted by molar-refractivity contribution is 0.306. The standard InChI is InChI=1S/C20H16BrCl2NO/c21-19-8-7-17(11-20(19)23)24-12-14-3-2-6-18(10-14)25-13-15-4-1-5-16(22)9-15/h1-11,24H,12-13H2. The second-order valence-corrected chi connectivity index (χ2v) is 7.25. The van der Waals surface area contributed by atoms with Gasteiger partial charge in [-0.25, -0.2) is 0 Å². The fourth-order valence-electron chi connectivity index (χ4n) is 2.35. The summed E-state index contributed by atoms with van der Waals surface area (Å²) in [4.78, 5) is 0. The Hall–Kier alpha value is -1.68. The van der Waals surface area contributed by atoms with Gasteiger partial charge in [0.25, 0.3) is 0 Å². The molecule has 0 unspecified atom stereocenters. The summed E-state index contributed by atoms with van der Waals surface area (Å²) < 4.78 is 6.75. The monoisotopic (exact) mass is 435 g/mol. The zero-order valence-electron chi connectivity index (χ0n) is 13.3. The van der Waals surface area contributed by atoms with Crippen LogP contribution >= 0.6 is 39.1 Å². The molecule has 3 aromatic carbocycles. The summed E-state index contributed by atoms with van der Waals surface area (Å²) in [6.45, 7) is 1.17. The molecule has 0 aliphatic heterocycles. The van der Waals surface area contributed by atoms with Gasteiger partial charge in [0.05, 0.1) is 5.02 Å². The van der Waals surface area contributed by atoms with Gasteiger partial charge >= 0.3 is 0 Å². The van der Waals surface area contributed by atoms with Crippen molar-refractivity contribution in [3.8, 4) is 5.75 Å². The Morgan fingerprint density at radius 2 is 1.68 bits per heavy atom. The number of benzene rings is 3. The first-order chi connectivity index (χ1) is 12.1. The van der Waals surface area contributed by atoms with E-state index >= 15 is 0 Å². The molecule has 0 fully saturated rings. The van der Waals surface area contributed by atoms with E-state index in [1.54, 1.807) is 0 Å². The third kappa shape index (κ3) is 5.40. The molecule has 0 saturated heterocycles. The van der Waals surface area contributed by atoms with Crippen LogP contribution in [-0.4, -0.2) is 0 Å². The molecule has 0 amide bonds. The van der Waals surface area contributed by atoms with Crippen LogP contribution in [0.5, 0.6) is 5.75 Å². The van der Waals surface area contributed by atoms with Gasteiger partial charge in [-0.1, -0.05) is 47.5 Å². The summed E-state index contributed by atoms with van der Waals surface area (Å²) in [6, 6.07) is 21.5. The zero-order valence-corrected chi connectivity index (χ0v) is 16.4. The lowest BCUT2D eigenvalue weighted by atomic mass is 10.2. The molecular formula is C20H16BrCl2NO. The van der Waals surface area contributed by atoms with Crippen molar-refractivity contribution in [3.63, 3.8) is 0 Å². The Morgan fingerprint density at radius 3 is 2.48 bits per heavy atom. The first-order valence-electron chi connectivity index (χ1n) is 7.75. The van der Waals surface area contributed by atoms with Gasteiger partial charge in [-0.05, 0) is 69.5 Å². The largest absolute Gasteiger partial charge is 0.489 e. The van der Waals surface area contributed by atoms with Crippen molar-refractivity contribution in [1.82, 2.24) is 0 Å². The van der Waals surface area contributed by atoms with Crippen LogP contribution in [0.15, 0.2) is 71.2 Å². The minimum Gasteiger partial charge on any atom is -0.489 e. The third-order valence-electron chi connectivity index (χ3n) is 3.61. The summed E-state index contributed by atoms with van der Waals surface area (Å²) in [7, 11) is 0. The normalized spacial score (nSPS) is 10.5. The quantitative estimate of drug-likeness (QED) is 0.451. The van der Waals surface area contributed by atoms with Gasteiger partial charge in [0.15, 0.2) is 0 Å². The smallest absolute Gasteiger partial charge is 0.120 e. The minimum atomic E-state index is 0.486. The van der Waals surface area contributed by atoms with E-state index in [1.165, 1.54) is 0 Å². The molecule has 0 aromatic heterocycles. The number of nitrogens with one attached hydrogen (secondary N) is 1. The van der Waals surface area contributed by atoms with Gasteiger partial charge < -0.3 is 10.1 Å². The summed E-state index contributed by atoms with van der Waals surface area (Å²) >= 11 is 15.5. The maximum atomic E-state index is 6.12. The van der Waals surface area contributed by atoms with Crippen molar-refractivity contribution in [2.45, 2.75) is 13.2 Å². The highest BCUT2D eigenvalue weighted by Gasteiger charge is 2.02. The molecule has 0 aliphatic carbocycles. The van der Waals surface area contributed by atoms with E-state index in [0.717, 1.165) is 27.0 Å². The van der Waals surface area contributed by atoms with Gasteiger partial charge in [-0.3, -0.25) is 0 Å². The van der Waals surface area contributed by atoms with Crippen molar-refractivity contribution >= 4 is 44.8 Å². The summed E-state index contributed by atoms with van der Waals surface area (Å²) in [5.41, 5.74) is 3.14. The fraction of sp³-hybridized carbons (Fsp3) is 0.100. The lowest BCUT2D eigenvalue weighted by Crippen LogP contribution is -2.00. The Bertz CT molecular complexity index is 870. The van der Waals surface area contributed by atoms with Gasteiger partial charge in [0.2, 0.25) is 0 Å². The van der Waals surface area contributed by atoms with E-state index in [9.17, 15) is 0 Å². The Morgan fingerprint density at radius 1 is 0.880 bits per heavy atom. The highest BCUT2D eigenvalue weighted by atomic mass is 79.9. The second-order valence-electron chi connectivity index (χ2n) is 5.55. The minimum absolute atomic E-state index is 0.486. The molecular weight excluding hydrogens is 421 g/mol. The highest BCUT2D eigenvalue weighted by molar-refractivity contribution is 9.10. The highest BCUT2D eigenvalue weighted by Crippen LogP contribution is 2.26. The number of rotatable bonds is 6. The van der Waals surface area contributed by atoms with E-state index in [4.69, 9.17) is 27.9 Å². The molecule has 0 heterocycles. The Balaban J connectivity index is 1.60. The summed E-state index contributed by atoms with van der Waals surface area (Å²) in [5.74, 6) is 0.827. The van der Waals surface area contributed by atoms with Gasteiger partial charge in [-0.15, -0.1) is 0 Å². The van der Waals surface area contributed by atoms with Crippen LogP contribution in [0.4, 0.5) is 5.69 Å². The van der Waals surface area contributed by atoms with E-state index in [2.05, 4.69) is 27.3 Å². The van der Waals surface area contributed by atoms with Crippen molar-refractivity contribution < 1.29 is 4.74 Å². The molecule has 128 valence electrons. The number of hydrogen-bond donors (Lipinski definition) is 1. The van der Waals surface area contributed by atoms with Gasteiger partial charge in [0.1, 0.15) is 12.4 Å².